The number of sulfonamides is 1. The highest BCUT2D eigenvalue weighted by molar-refractivity contribution is 7.92. The molecule has 0 aliphatic rings. The lowest BCUT2D eigenvalue weighted by Crippen LogP contribution is -2.52. The van der Waals surface area contributed by atoms with Crippen molar-refractivity contribution in [2.75, 3.05) is 17.1 Å². The highest BCUT2D eigenvalue weighted by Gasteiger charge is 2.31. The van der Waals surface area contributed by atoms with Gasteiger partial charge in [-0.25, -0.2) is 8.42 Å². The third kappa shape index (κ3) is 6.96. The number of benzene rings is 2. The summed E-state index contributed by atoms with van der Waals surface area (Å²) < 4.78 is 26.4. The SMILES string of the molecule is CC[C@@H](C)NC(=O)[C@@H](C)N(Cc1ccccc1C)C(=O)CN(c1cccc(Cl)c1C)S(C)(=O)=O. The number of carbonyl (C=O) groups is 2. The zero-order valence-corrected chi connectivity index (χ0v) is 22.2. The molecule has 1 N–H and O–H groups in total. The van der Waals surface area contributed by atoms with E-state index in [1.165, 1.54) is 4.90 Å². The van der Waals surface area contributed by atoms with Crippen molar-refractivity contribution in [1.29, 1.82) is 0 Å². The van der Waals surface area contributed by atoms with E-state index in [9.17, 15) is 18.0 Å². The summed E-state index contributed by atoms with van der Waals surface area (Å²) in [6.45, 7) is 8.87. The van der Waals surface area contributed by atoms with Crippen LogP contribution in [0.1, 0.15) is 43.9 Å². The fourth-order valence-electron chi connectivity index (χ4n) is 3.48. The number of hydrogen-bond acceptors (Lipinski definition) is 4. The molecular weight excluding hydrogens is 474 g/mol. The topological polar surface area (TPSA) is 86.8 Å². The number of amides is 2. The molecule has 0 spiro atoms. The van der Waals surface area contributed by atoms with E-state index in [-0.39, 0.29) is 18.5 Å². The zero-order chi connectivity index (χ0) is 25.6. The molecule has 2 rings (SSSR count). The summed E-state index contributed by atoms with van der Waals surface area (Å²) in [5, 5.41) is 3.31. The maximum absolute atomic E-state index is 13.6. The van der Waals surface area contributed by atoms with Gasteiger partial charge in [0.15, 0.2) is 0 Å². The molecular formula is C25H34ClN3O4S. The first-order valence-corrected chi connectivity index (χ1v) is 13.5. The number of aryl methyl sites for hydroxylation is 1. The summed E-state index contributed by atoms with van der Waals surface area (Å²) in [6, 6.07) is 11.7. The number of hydrogen-bond donors (Lipinski definition) is 1. The molecule has 0 fully saturated rings. The van der Waals surface area contributed by atoms with Crippen LogP contribution in [0.25, 0.3) is 0 Å². The van der Waals surface area contributed by atoms with E-state index in [1.807, 2.05) is 45.0 Å². The third-order valence-electron chi connectivity index (χ3n) is 5.96. The van der Waals surface area contributed by atoms with Crippen molar-refractivity contribution in [2.24, 2.45) is 0 Å². The maximum Gasteiger partial charge on any atom is 0.244 e. The fraction of sp³-hybridized carbons (Fsp3) is 0.440. The predicted molar refractivity (Wildman–Crippen MR) is 137 cm³/mol. The van der Waals surface area contributed by atoms with E-state index in [0.717, 1.165) is 28.1 Å². The molecule has 0 saturated heterocycles. The number of carbonyl (C=O) groups excluding carboxylic acids is 2. The first-order chi connectivity index (χ1) is 15.9. The van der Waals surface area contributed by atoms with Crippen molar-refractivity contribution in [2.45, 2.75) is 59.7 Å². The Morgan fingerprint density at radius 3 is 2.29 bits per heavy atom. The minimum Gasteiger partial charge on any atom is -0.352 e. The lowest BCUT2D eigenvalue weighted by molar-refractivity contribution is -0.139. The van der Waals surface area contributed by atoms with Gasteiger partial charge in [-0.15, -0.1) is 0 Å². The van der Waals surface area contributed by atoms with Crippen LogP contribution in [-0.4, -0.2) is 50.0 Å². The second kappa shape index (κ2) is 11.7. The molecule has 0 aromatic heterocycles. The summed E-state index contributed by atoms with van der Waals surface area (Å²) in [4.78, 5) is 28.0. The van der Waals surface area contributed by atoms with Crippen molar-refractivity contribution in [3.63, 3.8) is 0 Å². The van der Waals surface area contributed by atoms with Crippen LogP contribution in [0.5, 0.6) is 0 Å². The van der Waals surface area contributed by atoms with Crippen LogP contribution in [0.4, 0.5) is 5.69 Å². The third-order valence-corrected chi connectivity index (χ3v) is 7.49. The van der Waals surface area contributed by atoms with E-state index in [2.05, 4.69) is 5.32 Å². The Labute approximate surface area is 208 Å². The lowest BCUT2D eigenvalue weighted by atomic mass is 10.1. The van der Waals surface area contributed by atoms with Gasteiger partial charge in [0, 0.05) is 17.6 Å². The Balaban J connectivity index is 2.45. The summed E-state index contributed by atoms with van der Waals surface area (Å²) >= 11 is 6.22. The molecule has 2 aromatic rings. The molecule has 0 heterocycles. The first kappa shape index (κ1) is 27.7. The number of rotatable bonds is 10. The molecule has 0 unspecified atom stereocenters. The van der Waals surface area contributed by atoms with Gasteiger partial charge in [-0.2, -0.15) is 0 Å². The van der Waals surface area contributed by atoms with Crippen molar-refractivity contribution >= 4 is 39.1 Å². The van der Waals surface area contributed by atoms with Gasteiger partial charge >= 0.3 is 0 Å². The molecule has 0 aliphatic carbocycles. The van der Waals surface area contributed by atoms with E-state index in [1.54, 1.807) is 32.0 Å². The standard InChI is InChI=1S/C25H34ClN3O4S/c1-7-18(3)27-25(31)20(5)28(15-21-12-9-8-11-17(21)2)24(30)16-29(34(6,32)33)23-14-10-13-22(26)19(23)4/h8-14,18,20H,7,15-16H2,1-6H3,(H,27,31)/t18-,20-/m1/s1. The normalized spacial score (nSPS) is 13.1. The predicted octanol–water partition coefficient (Wildman–Crippen LogP) is 4.05. The Hall–Kier alpha value is -2.58. The molecule has 0 radical (unpaired) electrons. The minimum absolute atomic E-state index is 0.0491. The smallest absolute Gasteiger partial charge is 0.244 e. The summed E-state index contributed by atoms with van der Waals surface area (Å²) in [5.74, 6) is -0.777. The van der Waals surface area contributed by atoms with Crippen molar-refractivity contribution in [1.82, 2.24) is 10.2 Å². The van der Waals surface area contributed by atoms with E-state index >= 15 is 0 Å². The summed E-state index contributed by atoms with van der Waals surface area (Å²) in [5.41, 5.74) is 2.73. The van der Waals surface area contributed by atoms with Gasteiger partial charge in [0.25, 0.3) is 0 Å². The highest BCUT2D eigenvalue weighted by Crippen LogP contribution is 2.28. The summed E-state index contributed by atoms with van der Waals surface area (Å²) in [7, 11) is -3.81. The van der Waals surface area contributed by atoms with Crippen LogP contribution in [0.15, 0.2) is 42.5 Å². The molecule has 2 aromatic carbocycles. The van der Waals surface area contributed by atoms with Crippen LogP contribution in [0.2, 0.25) is 5.02 Å². The van der Waals surface area contributed by atoms with Crippen LogP contribution in [-0.2, 0) is 26.2 Å². The molecule has 186 valence electrons. The van der Waals surface area contributed by atoms with Crippen molar-refractivity contribution in [3.8, 4) is 0 Å². The fourth-order valence-corrected chi connectivity index (χ4v) is 4.55. The van der Waals surface area contributed by atoms with Gasteiger partial charge < -0.3 is 10.2 Å². The zero-order valence-electron chi connectivity index (χ0n) is 20.6. The number of nitrogens with zero attached hydrogens (tertiary/aromatic N) is 2. The van der Waals surface area contributed by atoms with Gasteiger partial charge in [0.05, 0.1) is 11.9 Å². The molecule has 0 bridgehead atoms. The van der Waals surface area contributed by atoms with E-state index in [0.29, 0.717) is 16.3 Å². The van der Waals surface area contributed by atoms with Gasteiger partial charge in [0.2, 0.25) is 21.8 Å². The Morgan fingerprint density at radius 2 is 1.71 bits per heavy atom. The van der Waals surface area contributed by atoms with E-state index in [4.69, 9.17) is 11.6 Å². The number of nitrogens with one attached hydrogen (secondary N) is 1. The molecule has 2 amide bonds. The van der Waals surface area contributed by atoms with Crippen molar-refractivity contribution in [3.05, 3.63) is 64.2 Å². The van der Waals surface area contributed by atoms with Crippen LogP contribution in [0.3, 0.4) is 0 Å². The first-order valence-electron chi connectivity index (χ1n) is 11.2. The molecule has 2 atom stereocenters. The average Bonchev–Trinajstić information content (AvgIpc) is 2.77. The highest BCUT2D eigenvalue weighted by atomic mass is 35.5. The Kier molecular flexibility index (Phi) is 9.53. The van der Waals surface area contributed by atoms with Crippen LogP contribution < -0.4 is 9.62 Å². The number of anilines is 1. The molecule has 34 heavy (non-hydrogen) atoms. The quantitative estimate of drug-likeness (QED) is 0.525. The Bertz CT molecular complexity index is 1140. The molecule has 7 nitrogen and oxygen atoms in total. The second-order valence-corrected chi connectivity index (χ2v) is 10.9. The van der Waals surface area contributed by atoms with Gasteiger partial charge in [-0.3, -0.25) is 13.9 Å². The monoisotopic (exact) mass is 507 g/mol. The Morgan fingerprint density at radius 1 is 1.06 bits per heavy atom. The van der Waals surface area contributed by atoms with Crippen LogP contribution >= 0.6 is 11.6 Å². The maximum atomic E-state index is 13.6. The van der Waals surface area contributed by atoms with Gasteiger partial charge in [-0.05, 0) is 62.9 Å². The lowest BCUT2D eigenvalue weighted by Gasteiger charge is -2.32. The number of halogens is 1. The van der Waals surface area contributed by atoms with Crippen LogP contribution in [0, 0.1) is 13.8 Å². The summed E-state index contributed by atoms with van der Waals surface area (Å²) in [6.07, 6.45) is 1.80. The van der Waals surface area contributed by atoms with Gasteiger partial charge in [-0.1, -0.05) is 48.9 Å². The van der Waals surface area contributed by atoms with Crippen molar-refractivity contribution < 1.29 is 18.0 Å². The average molecular weight is 508 g/mol. The molecule has 0 saturated carbocycles. The minimum atomic E-state index is -3.81. The second-order valence-electron chi connectivity index (χ2n) is 8.60. The van der Waals surface area contributed by atoms with Gasteiger partial charge in [0.1, 0.15) is 12.6 Å². The molecule has 0 aliphatic heterocycles. The largest absolute Gasteiger partial charge is 0.352 e. The van der Waals surface area contributed by atoms with E-state index < -0.39 is 28.5 Å². The molecule has 9 heteroatoms.